The first-order chi connectivity index (χ1) is 18.2. The minimum absolute atomic E-state index is 0.0116. The van der Waals surface area contributed by atoms with Gasteiger partial charge in [-0.05, 0) is 36.4 Å². The molecule has 1 aromatic carbocycles. The second kappa shape index (κ2) is 8.93. The molecule has 0 aliphatic carbocycles. The van der Waals surface area contributed by atoms with Gasteiger partial charge in [0, 0.05) is 18.8 Å². The Balaban J connectivity index is 1.74. The topological polar surface area (TPSA) is 104 Å². The first kappa shape index (κ1) is 26.4. The fourth-order valence-corrected chi connectivity index (χ4v) is 4.96. The van der Waals surface area contributed by atoms with Gasteiger partial charge < -0.3 is 9.30 Å². The summed E-state index contributed by atoms with van der Waals surface area (Å²) in [5, 5.41) is 3.85. The van der Waals surface area contributed by atoms with Gasteiger partial charge in [0.1, 0.15) is 22.8 Å². The zero-order chi connectivity index (χ0) is 28.3. The highest BCUT2D eigenvalue weighted by molar-refractivity contribution is 7.91. The Morgan fingerprint density at radius 1 is 1.00 bits per heavy atom. The molecule has 5 rings (SSSR count). The summed E-state index contributed by atoms with van der Waals surface area (Å²) in [4.78, 5) is 12.0. The van der Waals surface area contributed by atoms with Crippen LogP contribution in [0.2, 0.25) is 0 Å². The van der Waals surface area contributed by atoms with E-state index in [9.17, 15) is 34.8 Å². The summed E-state index contributed by atoms with van der Waals surface area (Å²) in [7, 11) is -2.54. The Bertz CT molecular complexity index is 1830. The van der Waals surface area contributed by atoms with E-state index in [-0.39, 0.29) is 39.5 Å². The number of alkyl halides is 6. The van der Waals surface area contributed by atoms with Crippen LogP contribution in [0.1, 0.15) is 12.6 Å². The maximum absolute atomic E-state index is 13.2. The number of sulfone groups is 1. The van der Waals surface area contributed by atoms with Crippen LogP contribution in [-0.4, -0.2) is 49.7 Å². The largest absolute Gasteiger partial charge is 0.573 e. The normalized spacial score (nSPS) is 12.9. The molecule has 0 radical (unpaired) electrons. The Morgan fingerprint density at radius 2 is 1.69 bits per heavy atom. The van der Waals surface area contributed by atoms with E-state index in [2.05, 4.69) is 24.8 Å². The zero-order valence-electron chi connectivity index (χ0n) is 19.9. The van der Waals surface area contributed by atoms with Gasteiger partial charge in [-0.2, -0.15) is 18.3 Å². The maximum atomic E-state index is 13.2. The van der Waals surface area contributed by atoms with E-state index in [0.29, 0.717) is 5.56 Å². The number of hydrogen-bond acceptors (Lipinski definition) is 7. The SMILES string of the molecule is CCS(=O)(=O)c1nn2c(-c3ccc(OC(F)(F)F)cc3)ccnc2c1-c1nc2cc(C(F)(F)F)ncc2n1C. The second-order valence-corrected chi connectivity index (χ2v) is 10.5. The van der Waals surface area contributed by atoms with Crippen LogP contribution in [0.15, 0.2) is 53.8 Å². The summed E-state index contributed by atoms with van der Waals surface area (Å²) in [6.45, 7) is 1.39. The Morgan fingerprint density at radius 3 is 2.31 bits per heavy atom. The second-order valence-electron chi connectivity index (χ2n) is 8.27. The predicted molar refractivity (Wildman–Crippen MR) is 125 cm³/mol. The molecular formula is C23H16F6N6O3S. The molecule has 39 heavy (non-hydrogen) atoms. The molecule has 0 atom stereocenters. The van der Waals surface area contributed by atoms with Crippen LogP contribution >= 0.6 is 0 Å². The van der Waals surface area contributed by atoms with Crippen molar-refractivity contribution in [2.75, 3.05) is 5.75 Å². The molecule has 0 bridgehead atoms. The van der Waals surface area contributed by atoms with Crippen LogP contribution in [-0.2, 0) is 23.1 Å². The fraction of sp³-hybridized carbons (Fsp3) is 0.217. The van der Waals surface area contributed by atoms with Crippen LogP contribution < -0.4 is 4.74 Å². The van der Waals surface area contributed by atoms with E-state index in [1.54, 1.807) is 0 Å². The molecule has 4 aromatic heterocycles. The van der Waals surface area contributed by atoms with Gasteiger partial charge in [0.15, 0.2) is 20.5 Å². The van der Waals surface area contributed by atoms with Crippen molar-refractivity contribution in [3.05, 3.63) is 54.5 Å². The number of aryl methyl sites for hydroxylation is 1. The number of hydrogen-bond donors (Lipinski definition) is 0. The first-order valence-electron chi connectivity index (χ1n) is 11.1. The van der Waals surface area contributed by atoms with Crippen molar-refractivity contribution >= 4 is 26.5 Å². The van der Waals surface area contributed by atoms with Crippen molar-refractivity contribution < 1.29 is 39.5 Å². The van der Waals surface area contributed by atoms with E-state index in [1.807, 2.05) is 0 Å². The third kappa shape index (κ3) is 4.75. The summed E-state index contributed by atoms with van der Waals surface area (Å²) in [6.07, 6.45) is -7.28. The summed E-state index contributed by atoms with van der Waals surface area (Å²) in [5.74, 6) is -0.836. The smallest absolute Gasteiger partial charge is 0.406 e. The number of fused-ring (bicyclic) bond motifs is 2. The molecule has 5 aromatic rings. The summed E-state index contributed by atoms with van der Waals surface area (Å²) in [5.41, 5.74) is -0.452. The molecule has 0 spiro atoms. The van der Waals surface area contributed by atoms with E-state index < -0.39 is 38.8 Å². The maximum Gasteiger partial charge on any atom is 0.573 e. The molecule has 0 amide bonds. The molecule has 9 nitrogen and oxygen atoms in total. The standard InChI is InChI=1S/C23H16F6N6O3S/c1-3-39(36,37)21-18(20-32-14-10-17(22(24,25)26)31-11-16(14)34(20)2)19-30-9-8-15(35(19)33-21)12-4-6-13(7-5-12)38-23(27,28)29/h4-11H,3H2,1-2H3. The van der Waals surface area contributed by atoms with Crippen LogP contribution in [0.5, 0.6) is 5.75 Å². The van der Waals surface area contributed by atoms with Gasteiger partial charge in [-0.1, -0.05) is 6.92 Å². The summed E-state index contributed by atoms with van der Waals surface area (Å²) in [6, 6.07) is 7.04. The fourth-order valence-electron chi connectivity index (χ4n) is 3.99. The lowest BCUT2D eigenvalue weighted by molar-refractivity contribution is -0.274. The Kier molecular flexibility index (Phi) is 6.04. The molecule has 0 aliphatic heterocycles. The molecule has 0 aliphatic rings. The van der Waals surface area contributed by atoms with Crippen molar-refractivity contribution in [1.82, 2.24) is 29.1 Å². The van der Waals surface area contributed by atoms with Gasteiger partial charge in [0.2, 0.25) is 0 Å². The van der Waals surface area contributed by atoms with Gasteiger partial charge in [0.05, 0.1) is 28.7 Å². The third-order valence-corrected chi connectivity index (χ3v) is 7.46. The first-order valence-corrected chi connectivity index (χ1v) is 12.7. The number of nitrogens with zero attached hydrogens (tertiary/aromatic N) is 6. The number of pyridine rings is 1. The molecule has 204 valence electrons. The highest BCUT2D eigenvalue weighted by Gasteiger charge is 2.34. The van der Waals surface area contributed by atoms with E-state index in [1.165, 1.54) is 47.4 Å². The van der Waals surface area contributed by atoms with Crippen LogP contribution in [0.4, 0.5) is 26.3 Å². The van der Waals surface area contributed by atoms with E-state index >= 15 is 0 Å². The molecule has 0 fully saturated rings. The van der Waals surface area contributed by atoms with Crippen LogP contribution in [0, 0.1) is 0 Å². The lowest BCUT2D eigenvalue weighted by atomic mass is 10.1. The van der Waals surface area contributed by atoms with Gasteiger partial charge in [-0.3, -0.25) is 0 Å². The van der Waals surface area contributed by atoms with Gasteiger partial charge in [-0.25, -0.2) is 27.9 Å². The Labute approximate surface area is 215 Å². The molecule has 16 heteroatoms. The quantitative estimate of drug-likeness (QED) is 0.272. The number of ether oxygens (including phenoxy) is 1. The minimum atomic E-state index is -4.88. The monoisotopic (exact) mass is 570 g/mol. The third-order valence-electron chi connectivity index (χ3n) is 5.83. The van der Waals surface area contributed by atoms with E-state index in [4.69, 9.17) is 0 Å². The van der Waals surface area contributed by atoms with Gasteiger partial charge in [0.25, 0.3) is 0 Å². The molecule has 4 heterocycles. The highest BCUT2D eigenvalue weighted by Crippen LogP contribution is 2.36. The zero-order valence-corrected chi connectivity index (χ0v) is 20.7. The average molecular weight is 570 g/mol. The van der Waals surface area contributed by atoms with Crippen molar-refractivity contribution in [3.8, 4) is 28.4 Å². The molecule has 0 N–H and O–H groups in total. The van der Waals surface area contributed by atoms with Crippen LogP contribution in [0.25, 0.3) is 39.3 Å². The summed E-state index contributed by atoms with van der Waals surface area (Å²) < 4.78 is 110. The number of rotatable bonds is 5. The highest BCUT2D eigenvalue weighted by atomic mass is 32.2. The molecule has 0 saturated heterocycles. The Hall–Kier alpha value is -4.21. The van der Waals surface area contributed by atoms with Crippen molar-refractivity contribution in [3.63, 3.8) is 0 Å². The van der Waals surface area contributed by atoms with Crippen molar-refractivity contribution in [2.24, 2.45) is 7.05 Å². The van der Waals surface area contributed by atoms with Crippen molar-refractivity contribution in [2.45, 2.75) is 24.5 Å². The van der Waals surface area contributed by atoms with E-state index in [0.717, 1.165) is 24.4 Å². The lowest BCUT2D eigenvalue weighted by Gasteiger charge is -2.10. The number of benzene rings is 1. The molecular weight excluding hydrogens is 554 g/mol. The lowest BCUT2D eigenvalue weighted by Crippen LogP contribution is -2.16. The van der Waals surface area contributed by atoms with Crippen molar-refractivity contribution in [1.29, 1.82) is 0 Å². The van der Waals surface area contributed by atoms with Gasteiger partial charge >= 0.3 is 12.5 Å². The summed E-state index contributed by atoms with van der Waals surface area (Å²) >= 11 is 0. The average Bonchev–Trinajstić information content (AvgIpc) is 3.41. The number of halogens is 6. The molecule has 0 unspecified atom stereocenters. The minimum Gasteiger partial charge on any atom is -0.406 e. The predicted octanol–water partition coefficient (Wildman–Crippen LogP) is 5.06. The molecule has 0 saturated carbocycles. The number of aromatic nitrogens is 6. The van der Waals surface area contributed by atoms with Gasteiger partial charge in [-0.15, -0.1) is 13.2 Å². The van der Waals surface area contributed by atoms with Crippen LogP contribution in [0.3, 0.4) is 0 Å². The number of imidazole rings is 1.